The van der Waals surface area contributed by atoms with Crippen LogP contribution in [-0.4, -0.2) is 58.9 Å². The molecule has 2 heterocycles. The number of methoxy groups -OCH3 is 1. The zero-order valence-corrected chi connectivity index (χ0v) is 14.7. The van der Waals surface area contributed by atoms with E-state index in [4.69, 9.17) is 21.1 Å². The Morgan fingerprint density at radius 3 is 2.62 bits per heavy atom. The fraction of sp³-hybridized carbons (Fsp3) is 0.643. The van der Waals surface area contributed by atoms with Crippen LogP contribution in [-0.2, 0) is 14.3 Å². The Labute approximate surface area is 144 Å². The lowest BCUT2D eigenvalue weighted by Gasteiger charge is -2.23. The van der Waals surface area contributed by atoms with Gasteiger partial charge in [0.15, 0.2) is 0 Å². The monoisotopic (exact) mass is 357 g/mol. The van der Waals surface area contributed by atoms with Crippen LogP contribution in [0, 0.1) is 5.92 Å². The van der Waals surface area contributed by atoms with Crippen molar-refractivity contribution in [1.82, 2.24) is 20.3 Å². The molecule has 2 rings (SSSR count). The van der Waals surface area contributed by atoms with Crippen molar-refractivity contribution in [3.63, 3.8) is 0 Å². The summed E-state index contributed by atoms with van der Waals surface area (Å²) in [7, 11) is 1.30. The van der Waals surface area contributed by atoms with Crippen LogP contribution in [0.2, 0.25) is 5.28 Å². The van der Waals surface area contributed by atoms with E-state index < -0.39 is 29.6 Å². The maximum Gasteiger partial charge on any atom is 0.407 e. The molecule has 1 aromatic rings. The SMILES string of the molecule is COC(=O)C1CN(c2ncnc(Cl)n2)CC1NC(=O)OC(C)(C)C. The van der Waals surface area contributed by atoms with Gasteiger partial charge in [0.05, 0.1) is 19.1 Å². The summed E-state index contributed by atoms with van der Waals surface area (Å²) in [5.74, 6) is -0.672. The van der Waals surface area contributed by atoms with E-state index in [0.29, 0.717) is 12.5 Å². The molecule has 1 fully saturated rings. The van der Waals surface area contributed by atoms with E-state index in [1.165, 1.54) is 13.4 Å². The van der Waals surface area contributed by atoms with Crippen LogP contribution >= 0.6 is 11.6 Å². The summed E-state index contributed by atoms with van der Waals surface area (Å²) < 4.78 is 10.1. The smallest absolute Gasteiger partial charge is 0.407 e. The summed E-state index contributed by atoms with van der Waals surface area (Å²) in [4.78, 5) is 37.5. The molecule has 132 valence electrons. The highest BCUT2D eigenvalue weighted by atomic mass is 35.5. The molecule has 1 saturated heterocycles. The van der Waals surface area contributed by atoms with E-state index in [9.17, 15) is 9.59 Å². The number of ether oxygens (including phenoxy) is 2. The molecule has 24 heavy (non-hydrogen) atoms. The van der Waals surface area contributed by atoms with Crippen LogP contribution in [0.3, 0.4) is 0 Å². The molecule has 9 nitrogen and oxygen atoms in total. The highest BCUT2D eigenvalue weighted by Gasteiger charge is 2.41. The molecule has 0 saturated carbocycles. The highest BCUT2D eigenvalue weighted by Crippen LogP contribution is 2.23. The number of alkyl carbamates (subject to hydrolysis) is 1. The summed E-state index contributed by atoms with van der Waals surface area (Å²) in [5, 5.41) is 2.76. The second-order valence-corrected chi connectivity index (χ2v) is 6.68. The minimum atomic E-state index is -0.634. The third-order valence-corrected chi connectivity index (χ3v) is 3.52. The van der Waals surface area contributed by atoms with E-state index >= 15 is 0 Å². The molecule has 1 aliphatic heterocycles. The topological polar surface area (TPSA) is 107 Å². The molecule has 0 spiro atoms. The second-order valence-electron chi connectivity index (χ2n) is 6.34. The van der Waals surface area contributed by atoms with Crippen LogP contribution in [0.25, 0.3) is 0 Å². The van der Waals surface area contributed by atoms with E-state index in [-0.39, 0.29) is 11.8 Å². The van der Waals surface area contributed by atoms with Gasteiger partial charge >= 0.3 is 12.1 Å². The predicted octanol–water partition coefficient (Wildman–Crippen LogP) is 1.03. The van der Waals surface area contributed by atoms with Gasteiger partial charge < -0.3 is 19.7 Å². The molecule has 0 aliphatic carbocycles. The summed E-state index contributed by atoms with van der Waals surface area (Å²) in [5.41, 5.74) is -0.634. The normalized spacial score (nSPS) is 20.6. The second kappa shape index (κ2) is 7.16. The van der Waals surface area contributed by atoms with E-state index in [1.807, 2.05) is 0 Å². The number of hydrogen-bond donors (Lipinski definition) is 1. The number of nitrogens with zero attached hydrogens (tertiary/aromatic N) is 4. The molecule has 0 aromatic carbocycles. The zero-order chi connectivity index (χ0) is 17.9. The van der Waals surface area contributed by atoms with Crippen molar-refractivity contribution in [2.75, 3.05) is 25.1 Å². The first-order valence-electron chi connectivity index (χ1n) is 7.36. The first-order valence-corrected chi connectivity index (χ1v) is 7.74. The van der Waals surface area contributed by atoms with Gasteiger partial charge in [-0.05, 0) is 32.4 Å². The average molecular weight is 358 g/mol. The van der Waals surface area contributed by atoms with Crippen LogP contribution < -0.4 is 10.2 Å². The van der Waals surface area contributed by atoms with Gasteiger partial charge in [-0.2, -0.15) is 4.98 Å². The van der Waals surface area contributed by atoms with Crippen LogP contribution in [0.15, 0.2) is 6.33 Å². The first kappa shape index (κ1) is 18.2. The molecule has 10 heteroatoms. The van der Waals surface area contributed by atoms with Crippen molar-refractivity contribution >= 4 is 29.6 Å². The third kappa shape index (κ3) is 4.67. The number of carbonyl (C=O) groups is 2. The van der Waals surface area contributed by atoms with Crippen LogP contribution in [0.1, 0.15) is 20.8 Å². The van der Waals surface area contributed by atoms with Gasteiger partial charge in [-0.3, -0.25) is 4.79 Å². The molecule has 0 radical (unpaired) electrons. The molecule has 2 unspecified atom stereocenters. The van der Waals surface area contributed by atoms with Crippen molar-refractivity contribution in [3.05, 3.63) is 11.6 Å². The Hall–Kier alpha value is -2.16. The number of aromatic nitrogens is 3. The number of nitrogens with one attached hydrogen (secondary N) is 1. The van der Waals surface area contributed by atoms with Gasteiger partial charge in [0, 0.05) is 13.1 Å². The molecule has 0 bridgehead atoms. The van der Waals surface area contributed by atoms with Crippen molar-refractivity contribution in [2.24, 2.45) is 5.92 Å². The van der Waals surface area contributed by atoms with Crippen molar-refractivity contribution in [2.45, 2.75) is 32.4 Å². The summed E-state index contributed by atoms with van der Waals surface area (Å²) in [6, 6.07) is -0.497. The number of amides is 1. The van der Waals surface area contributed by atoms with Gasteiger partial charge in [-0.1, -0.05) is 0 Å². The largest absolute Gasteiger partial charge is 0.469 e. The number of rotatable bonds is 3. The summed E-state index contributed by atoms with van der Waals surface area (Å²) >= 11 is 5.77. The van der Waals surface area contributed by atoms with Crippen LogP contribution in [0.4, 0.5) is 10.7 Å². The van der Waals surface area contributed by atoms with Crippen LogP contribution in [0.5, 0.6) is 0 Å². The minimum Gasteiger partial charge on any atom is -0.469 e. The fourth-order valence-electron chi connectivity index (χ4n) is 2.38. The van der Waals surface area contributed by atoms with Gasteiger partial charge in [-0.15, -0.1) is 0 Å². The maximum atomic E-state index is 12.0. The minimum absolute atomic E-state index is 0.0539. The lowest BCUT2D eigenvalue weighted by Crippen LogP contribution is -2.45. The highest BCUT2D eigenvalue weighted by molar-refractivity contribution is 6.28. The zero-order valence-electron chi connectivity index (χ0n) is 13.9. The van der Waals surface area contributed by atoms with Crippen molar-refractivity contribution < 1.29 is 19.1 Å². The molecular weight excluding hydrogens is 338 g/mol. The first-order chi connectivity index (χ1) is 11.2. The van der Waals surface area contributed by atoms with E-state index in [0.717, 1.165) is 0 Å². The Bertz CT molecular complexity index is 621. The molecular formula is C14H20ClN5O4. The third-order valence-electron chi connectivity index (χ3n) is 3.34. The Morgan fingerprint density at radius 2 is 2.04 bits per heavy atom. The molecule has 1 N–H and O–H groups in total. The molecule has 2 atom stereocenters. The summed E-state index contributed by atoms with van der Waals surface area (Å²) in [6.07, 6.45) is 0.684. The number of anilines is 1. The maximum absolute atomic E-state index is 12.0. The standard InChI is InChI=1S/C14H20ClN5O4/c1-14(2,3)24-13(22)18-9-6-20(5-8(9)10(21)23-4)12-17-7-16-11(15)19-12/h7-9H,5-6H2,1-4H3,(H,18,22). The van der Waals surface area contributed by atoms with E-state index in [1.54, 1.807) is 25.7 Å². The lowest BCUT2D eigenvalue weighted by atomic mass is 10.0. The fourth-order valence-corrected chi connectivity index (χ4v) is 2.50. The quantitative estimate of drug-likeness (QED) is 0.799. The van der Waals surface area contributed by atoms with E-state index in [2.05, 4.69) is 20.3 Å². The average Bonchev–Trinajstić information content (AvgIpc) is 2.88. The van der Waals surface area contributed by atoms with Gasteiger partial charge in [0.25, 0.3) is 0 Å². The Balaban J connectivity index is 2.12. The van der Waals surface area contributed by atoms with Crippen molar-refractivity contribution in [3.8, 4) is 0 Å². The Morgan fingerprint density at radius 1 is 1.33 bits per heavy atom. The molecule has 1 aliphatic rings. The van der Waals surface area contributed by atoms with Gasteiger partial charge in [-0.25, -0.2) is 14.8 Å². The lowest BCUT2D eigenvalue weighted by molar-refractivity contribution is -0.145. The number of esters is 1. The number of carbonyl (C=O) groups excluding carboxylic acids is 2. The number of halogens is 1. The predicted molar refractivity (Wildman–Crippen MR) is 85.7 cm³/mol. The Kier molecular flexibility index (Phi) is 5.43. The van der Waals surface area contributed by atoms with Gasteiger partial charge in [0.2, 0.25) is 11.2 Å². The molecule has 1 amide bonds. The molecule has 1 aromatic heterocycles. The van der Waals surface area contributed by atoms with Crippen molar-refractivity contribution in [1.29, 1.82) is 0 Å². The van der Waals surface area contributed by atoms with Gasteiger partial charge in [0.1, 0.15) is 11.9 Å². The number of hydrogen-bond acceptors (Lipinski definition) is 8. The summed E-state index contributed by atoms with van der Waals surface area (Å²) in [6.45, 7) is 5.89.